The van der Waals surface area contributed by atoms with E-state index in [1.165, 1.54) is 18.2 Å². The maximum atomic E-state index is 12.6. The number of likely N-dealkylation sites (tertiary alicyclic amines) is 1. The molecule has 7 heteroatoms. The molecule has 2 saturated heterocycles. The Bertz CT molecular complexity index is 625. The molecular weight excluding hydrogens is 286 g/mol. The number of carbonyl (C=O) groups is 2. The maximum Gasteiger partial charge on any atom is 0.293 e. The largest absolute Gasteiger partial charge is 0.293 e. The van der Waals surface area contributed by atoms with Crippen LogP contribution in [0.3, 0.4) is 0 Å². The van der Waals surface area contributed by atoms with Gasteiger partial charge in [0, 0.05) is 6.07 Å². The van der Waals surface area contributed by atoms with Crippen LogP contribution in [0.2, 0.25) is 0 Å². The number of hydrogen-bond acceptors (Lipinski definition) is 5. The number of benzene rings is 1. The normalized spacial score (nSPS) is 23.1. The Kier molecular flexibility index (Phi) is 3.89. The third-order valence-electron chi connectivity index (χ3n) is 4.27. The number of para-hydroxylation sites is 2. The number of hydrogen-bond donors (Lipinski definition) is 0. The fourth-order valence-electron chi connectivity index (χ4n) is 3.19. The van der Waals surface area contributed by atoms with Gasteiger partial charge in [0.25, 0.3) is 11.6 Å². The van der Waals surface area contributed by atoms with Crippen LogP contribution in [0.1, 0.15) is 25.7 Å². The molecule has 0 saturated carbocycles. The third-order valence-corrected chi connectivity index (χ3v) is 4.27. The number of carbonyl (C=O) groups excluding carboxylic acids is 2. The Balaban J connectivity index is 1.90. The number of anilines is 1. The molecule has 2 aliphatic rings. The lowest BCUT2D eigenvalue weighted by Gasteiger charge is -2.30. The molecule has 0 radical (unpaired) electrons. The topological polar surface area (TPSA) is 83.8 Å². The van der Waals surface area contributed by atoms with Crippen LogP contribution in [-0.2, 0) is 9.59 Å². The zero-order valence-electron chi connectivity index (χ0n) is 12.1. The molecule has 0 N–H and O–H groups in total. The minimum absolute atomic E-state index is 0.0713. The third kappa shape index (κ3) is 2.48. The first-order valence-corrected chi connectivity index (χ1v) is 7.44. The molecular formula is C15H17N3O4. The van der Waals surface area contributed by atoms with Crippen molar-refractivity contribution in [2.75, 3.05) is 18.0 Å². The molecule has 2 fully saturated rings. The summed E-state index contributed by atoms with van der Waals surface area (Å²) >= 11 is 0. The summed E-state index contributed by atoms with van der Waals surface area (Å²) in [7, 11) is 0. The van der Waals surface area contributed by atoms with Crippen molar-refractivity contribution in [1.29, 1.82) is 0 Å². The minimum Gasteiger partial charge on any atom is -0.292 e. The predicted molar refractivity (Wildman–Crippen MR) is 79.4 cm³/mol. The molecule has 22 heavy (non-hydrogen) atoms. The molecule has 1 aromatic carbocycles. The second kappa shape index (κ2) is 5.84. The zero-order chi connectivity index (χ0) is 15.7. The summed E-state index contributed by atoms with van der Waals surface area (Å²) in [5.74, 6) is -0.712. The fraction of sp³-hybridized carbons (Fsp3) is 0.467. The van der Waals surface area contributed by atoms with Crippen LogP contribution in [-0.4, -0.2) is 40.8 Å². The van der Waals surface area contributed by atoms with E-state index in [-0.39, 0.29) is 29.6 Å². The maximum absolute atomic E-state index is 12.6. The second-order valence-electron chi connectivity index (χ2n) is 5.63. The van der Waals surface area contributed by atoms with E-state index in [0.29, 0.717) is 0 Å². The average Bonchev–Trinajstić information content (AvgIpc) is 2.83. The number of piperidine rings is 1. The first-order valence-electron chi connectivity index (χ1n) is 7.44. The first-order chi connectivity index (χ1) is 10.6. The van der Waals surface area contributed by atoms with E-state index in [0.717, 1.165) is 37.3 Å². The number of rotatable bonds is 3. The summed E-state index contributed by atoms with van der Waals surface area (Å²) in [5, 5.41) is 11.1. The Morgan fingerprint density at radius 1 is 1.09 bits per heavy atom. The molecule has 1 aromatic rings. The van der Waals surface area contributed by atoms with Gasteiger partial charge in [-0.1, -0.05) is 18.6 Å². The summed E-state index contributed by atoms with van der Waals surface area (Å²) in [6, 6.07) is 5.40. The van der Waals surface area contributed by atoms with Crippen LogP contribution < -0.4 is 4.90 Å². The van der Waals surface area contributed by atoms with Gasteiger partial charge in [-0.3, -0.25) is 24.6 Å². The Labute approximate surface area is 127 Å². The predicted octanol–water partition coefficient (Wildman–Crippen LogP) is 1.71. The highest BCUT2D eigenvalue weighted by molar-refractivity contribution is 6.23. The van der Waals surface area contributed by atoms with E-state index >= 15 is 0 Å². The molecule has 2 amide bonds. The standard InChI is InChI=1S/C15H17N3O4/c19-14-10-13(16-8-4-1-5-9-16)15(20)17(14)11-6-2-3-7-12(11)18(21)22/h2-3,6-7,13H,1,4-5,8-10H2/t13-/m1/s1. The van der Waals surface area contributed by atoms with Crippen LogP contribution >= 0.6 is 0 Å². The van der Waals surface area contributed by atoms with Gasteiger partial charge in [0.2, 0.25) is 5.91 Å². The molecule has 2 aliphatic heterocycles. The lowest BCUT2D eigenvalue weighted by Crippen LogP contribution is -2.44. The lowest BCUT2D eigenvalue weighted by molar-refractivity contribution is -0.384. The Hall–Kier alpha value is -2.28. The van der Waals surface area contributed by atoms with Crippen LogP contribution in [0, 0.1) is 10.1 Å². The van der Waals surface area contributed by atoms with E-state index in [2.05, 4.69) is 0 Å². The number of nitro benzene ring substituents is 1. The summed E-state index contributed by atoms with van der Waals surface area (Å²) in [6.07, 6.45) is 3.27. The van der Waals surface area contributed by atoms with Crippen molar-refractivity contribution in [3.05, 3.63) is 34.4 Å². The van der Waals surface area contributed by atoms with Gasteiger partial charge in [0.15, 0.2) is 0 Å². The SMILES string of the molecule is O=C1C[C@@H](N2CCCCC2)C(=O)N1c1ccccc1[N+](=O)[O-]. The molecule has 1 atom stereocenters. The summed E-state index contributed by atoms with van der Waals surface area (Å²) in [5.41, 5.74) is -0.148. The summed E-state index contributed by atoms with van der Waals surface area (Å²) < 4.78 is 0. The van der Waals surface area contributed by atoms with Crippen molar-refractivity contribution in [3.63, 3.8) is 0 Å². The highest BCUT2D eigenvalue weighted by atomic mass is 16.6. The molecule has 116 valence electrons. The molecule has 0 unspecified atom stereocenters. The van der Waals surface area contributed by atoms with Gasteiger partial charge in [-0.05, 0) is 32.0 Å². The summed E-state index contributed by atoms with van der Waals surface area (Å²) in [4.78, 5) is 38.5. The molecule has 0 aromatic heterocycles. The summed E-state index contributed by atoms with van der Waals surface area (Å²) in [6.45, 7) is 1.60. The second-order valence-corrected chi connectivity index (χ2v) is 5.63. The fourth-order valence-corrected chi connectivity index (χ4v) is 3.19. The quantitative estimate of drug-likeness (QED) is 0.482. The van der Waals surface area contributed by atoms with Crippen molar-refractivity contribution >= 4 is 23.2 Å². The van der Waals surface area contributed by atoms with E-state index in [1.807, 2.05) is 4.90 Å². The van der Waals surface area contributed by atoms with E-state index in [4.69, 9.17) is 0 Å². The Morgan fingerprint density at radius 3 is 2.45 bits per heavy atom. The van der Waals surface area contributed by atoms with Crippen LogP contribution in [0.4, 0.5) is 11.4 Å². The molecule has 2 heterocycles. The van der Waals surface area contributed by atoms with Gasteiger partial charge < -0.3 is 0 Å². The van der Waals surface area contributed by atoms with Crippen molar-refractivity contribution in [2.45, 2.75) is 31.7 Å². The van der Waals surface area contributed by atoms with Gasteiger partial charge in [-0.2, -0.15) is 0 Å². The minimum atomic E-state index is -0.565. The number of amides is 2. The first kappa shape index (κ1) is 14.6. The molecule has 0 bridgehead atoms. The van der Waals surface area contributed by atoms with E-state index in [1.54, 1.807) is 6.07 Å². The van der Waals surface area contributed by atoms with Crippen LogP contribution in [0.5, 0.6) is 0 Å². The molecule has 0 spiro atoms. The number of nitro groups is 1. The van der Waals surface area contributed by atoms with Gasteiger partial charge >= 0.3 is 0 Å². The van der Waals surface area contributed by atoms with Crippen molar-refractivity contribution in [3.8, 4) is 0 Å². The molecule has 7 nitrogen and oxygen atoms in total. The number of imide groups is 1. The van der Waals surface area contributed by atoms with Gasteiger partial charge in [0.05, 0.1) is 17.4 Å². The van der Waals surface area contributed by atoms with Crippen molar-refractivity contribution < 1.29 is 14.5 Å². The number of nitrogens with zero attached hydrogens (tertiary/aromatic N) is 3. The smallest absolute Gasteiger partial charge is 0.292 e. The highest BCUT2D eigenvalue weighted by Crippen LogP contribution is 2.33. The van der Waals surface area contributed by atoms with Gasteiger partial charge in [-0.15, -0.1) is 0 Å². The molecule has 3 rings (SSSR count). The highest BCUT2D eigenvalue weighted by Gasteiger charge is 2.44. The Morgan fingerprint density at radius 2 is 1.77 bits per heavy atom. The zero-order valence-corrected chi connectivity index (χ0v) is 12.1. The van der Waals surface area contributed by atoms with Gasteiger partial charge in [-0.25, -0.2) is 4.90 Å². The van der Waals surface area contributed by atoms with E-state index in [9.17, 15) is 19.7 Å². The lowest BCUT2D eigenvalue weighted by atomic mass is 10.1. The van der Waals surface area contributed by atoms with E-state index < -0.39 is 11.0 Å². The average molecular weight is 303 g/mol. The van der Waals surface area contributed by atoms with Gasteiger partial charge in [0.1, 0.15) is 5.69 Å². The van der Waals surface area contributed by atoms with Crippen molar-refractivity contribution in [1.82, 2.24) is 4.90 Å². The monoisotopic (exact) mass is 303 g/mol. The van der Waals surface area contributed by atoms with Crippen LogP contribution in [0.15, 0.2) is 24.3 Å². The van der Waals surface area contributed by atoms with Crippen molar-refractivity contribution in [2.24, 2.45) is 0 Å². The molecule has 0 aliphatic carbocycles. The van der Waals surface area contributed by atoms with Crippen LogP contribution in [0.25, 0.3) is 0 Å².